The highest BCUT2D eigenvalue weighted by Crippen LogP contribution is 2.36. The van der Waals surface area contributed by atoms with Crippen LogP contribution in [0.2, 0.25) is 0 Å². The molecule has 0 radical (unpaired) electrons. The predicted molar refractivity (Wildman–Crippen MR) is 130 cm³/mol. The Morgan fingerprint density at radius 2 is 1.97 bits per heavy atom. The van der Waals surface area contributed by atoms with E-state index in [1.165, 1.54) is 11.4 Å². The summed E-state index contributed by atoms with van der Waals surface area (Å²) in [6, 6.07) is 4.60. The number of aliphatic hydroxyl groups is 1. The van der Waals surface area contributed by atoms with Crippen molar-refractivity contribution in [1.29, 1.82) is 0 Å². The van der Waals surface area contributed by atoms with Crippen molar-refractivity contribution in [3.05, 3.63) is 23.8 Å². The first-order valence-corrected chi connectivity index (χ1v) is 13.8. The van der Waals surface area contributed by atoms with Crippen LogP contribution in [0.15, 0.2) is 18.2 Å². The third-order valence-corrected chi connectivity index (χ3v) is 8.21. The topological polar surface area (TPSA) is 116 Å². The molecule has 9 nitrogen and oxygen atoms in total. The summed E-state index contributed by atoms with van der Waals surface area (Å²) in [5.41, 5.74) is 0.680. The number of carbonyl (C=O) groups is 2. The summed E-state index contributed by atoms with van der Waals surface area (Å²) in [6.07, 6.45) is 5.40. The summed E-state index contributed by atoms with van der Waals surface area (Å²) >= 11 is 0. The molecule has 0 unspecified atom stereocenters. The molecular weight excluding hydrogens is 458 g/mol. The molecule has 1 fully saturated rings. The molecule has 1 aliphatic heterocycles. The van der Waals surface area contributed by atoms with Crippen molar-refractivity contribution in [2.24, 2.45) is 11.8 Å². The van der Waals surface area contributed by atoms with Gasteiger partial charge in [0.05, 0.1) is 36.7 Å². The van der Waals surface area contributed by atoms with E-state index in [2.05, 4.69) is 5.32 Å². The van der Waals surface area contributed by atoms with Gasteiger partial charge in [-0.1, -0.05) is 32.3 Å². The molecule has 0 aromatic heterocycles. The van der Waals surface area contributed by atoms with E-state index in [9.17, 15) is 23.1 Å². The fraction of sp³-hybridized carbons (Fsp3) is 0.667. The number of anilines is 1. The number of aliphatic hydroxyl groups excluding tert-OH is 1. The Kier molecular flexibility index (Phi) is 8.59. The highest BCUT2D eigenvalue weighted by Gasteiger charge is 2.35. The summed E-state index contributed by atoms with van der Waals surface area (Å²) in [4.78, 5) is 28.0. The number of hydrogen-bond donors (Lipinski definition) is 2. The standard InChI is InChI=1S/C24H37N3O6S/c1-16-13-27(17(2)15-28)24(30)19-11-8-12-20(25-23(29)18-9-6-5-7-10-18)22(19)33-21(16)14-26(3)34(4,31)32/h8,11-12,16-18,21,28H,5-7,9-10,13-15H2,1-4H3,(H,25,29)/t16-,17-,21+/m1/s1. The molecule has 0 bridgehead atoms. The number of fused-ring (bicyclic) bond motifs is 1. The Hall–Kier alpha value is -2.17. The number of rotatable bonds is 7. The number of ether oxygens (including phenoxy) is 1. The van der Waals surface area contributed by atoms with Gasteiger partial charge in [-0.2, -0.15) is 0 Å². The van der Waals surface area contributed by atoms with E-state index >= 15 is 0 Å². The lowest BCUT2D eigenvalue weighted by atomic mass is 9.88. The van der Waals surface area contributed by atoms with Gasteiger partial charge < -0.3 is 20.1 Å². The Morgan fingerprint density at radius 3 is 2.59 bits per heavy atom. The van der Waals surface area contributed by atoms with E-state index in [1.54, 1.807) is 30.0 Å². The minimum atomic E-state index is -3.45. The van der Waals surface area contributed by atoms with Gasteiger partial charge in [0.25, 0.3) is 5.91 Å². The van der Waals surface area contributed by atoms with Crippen LogP contribution >= 0.6 is 0 Å². The molecule has 190 valence electrons. The number of para-hydroxylation sites is 1. The number of sulfonamides is 1. The van der Waals surface area contributed by atoms with Gasteiger partial charge in [0.2, 0.25) is 15.9 Å². The van der Waals surface area contributed by atoms with E-state index in [-0.39, 0.29) is 48.1 Å². The number of benzene rings is 1. The number of nitrogens with one attached hydrogen (secondary N) is 1. The highest BCUT2D eigenvalue weighted by molar-refractivity contribution is 7.88. The predicted octanol–water partition coefficient (Wildman–Crippen LogP) is 2.32. The average Bonchev–Trinajstić information content (AvgIpc) is 2.81. The smallest absolute Gasteiger partial charge is 0.258 e. The Labute approximate surface area is 202 Å². The highest BCUT2D eigenvalue weighted by atomic mass is 32.2. The van der Waals surface area contributed by atoms with Crippen LogP contribution in [-0.4, -0.2) is 79.7 Å². The molecule has 1 aromatic carbocycles. The van der Waals surface area contributed by atoms with E-state index in [0.717, 1.165) is 38.4 Å². The number of nitrogens with zero attached hydrogens (tertiary/aromatic N) is 2. The van der Waals surface area contributed by atoms with Crippen LogP contribution in [0.1, 0.15) is 56.3 Å². The maximum atomic E-state index is 13.5. The van der Waals surface area contributed by atoms with Crippen LogP contribution < -0.4 is 10.1 Å². The second-order valence-corrected chi connectivity index (χ2v) is 11.8. The average molecular weight is 496 g/mol. The second kappa shape index (κ2) is 11.0. The first kappa shape index (κ1) is 26.4. The number of carbonyl (C=O) groups excluding carboxylic acids is 2. The van der Waals surface area contributed by atoms with Gasteiger partial charge in [-0.3, -0.25) is 9.59 Å². The van der Waals surface area contributed by atoms with Gasteiger partial charge in [0.15, 0.2) is 5.75 Å². The Bertz CT molecular complexity index is 992. The summed E-state index contributed by atoms with van der Waals surface area (Å²) in [5, 5.41) is 12.7. The Balaban J connectivity index is 2.00. The molecule has 1 aliphatic carbocycles. The van der Waals surface area contributed by atoms with Gasteiger partial charge in [-0.05, 0) is 31.9 Å². The summed E-state index contributed by atoms with van der Waals surface area (Å²) < 4.78 is 31.7. The van der Waals surface area contributed by atoms with Crippen LogP contribution in [0.25, 0.3) is 0 Å². The van der Waals surface area contributed by atoms with E-state index < -0.39 is 22.2 Å². The van der Waals surface area contributed by atoms with Crippen LogP contribution in [-0.2, 0) is 14.8 Å². The quantitative estimate of drug-likeness (QED) is 0.600. The Morgan fingerprint density at radius 1 is 1.29 bits per heavy atom. The largest absolute Gasteiger partial charge is 0.486 e. The molecular formula is C24H37N3O6S. The zero-order valence-electron chi connectivity index (χ0n) is 20.5. The number of amides is 2. The lowest BCUT2D eigenvalue weighted by Crippen LogP contribution is -2.50. The van der Waals surface area contributed by atoms with Crippen molar-refractivity contribution < 1.29 is 27.9 Å². The molecule has 2 amide bonds. The van der Waals surface area contributed by atoms with E-state index in [0.29, 0.717) is 12.2 Å². The molecule has 3 rings (SSSR count). The molecule has 0 spiro atoms. The second-order valence-electron chi connectivity index (χ2n) is 9.67. The minimum Gasteiger partial charge on any atom is -0.486 e. The first-order chi connectivity index (χ1) is 16.0. The zero-order chi connectivity index (χ0) is 25.0. The number of likely N-dealkylation sites (N-methyl/N-ethyl adjacent to an activating group) is 1. The molecule has 10 heteroatoms. The lowest BCUT2D eigenvalue weighted by molar-refractivity contribution is -0.120. The SMILES string of the molecule is C[C@@H]1CN([C@H](C)CO)C(=O)c2cccc(NC(=O)C3CCCCC3)c2O[C@H]1CN(C)S(C)(=O)=O. The lowest BCUT2D eigenvalue weighted by Gasteiger charge is -2.38. The molecule has 1 saturated carbocycles. The maximum Gasteiger partial charge on any atom is 0.258 e. The van der Waals surface area contributed by atoms with Crippen LogP contribution in [0.4, 0.5) is 5.69 Å². The van der Waals surface area contributed by atoms with E-state index in [4.69, 9.17) is 4.74 Å². The van der Waals surface area contributed by atoms with E-state index in [1.807, 2.05) is 6.92 Å². The summed E-state index contributed by atoms with van der Waals surface area (Å²) in [6.45, 7) is 3.82. The normalized spacial score (nSPS) is 23.0. The van der Waals surface area contributed by atoms with Crippen molar-refractivity contribution in [2.75, 3.05) is 38.3 Å². The molecule has 2 aliphatic rings. The van der Waals surface area contributed by atoms with Gasteiger partial charge >= 0.3 is 0 Å². The zero-order valence-corrected chi connectivity index (χ0v) is 21.3. The van der Waals surface area contributed by atoms with Gasteiger partial charge in [0, 0.05) is 25.4 Å². The van der Waals surface area contributed by atoms with Gasteiger partial charge in [-0.15, -0.1) is 0 Å². The third kappa shape index (κ3) is 6.09. The third-order valence-electron chi connectivity index (χ3n) is 6.93. The number of hydrogen-bond acceptors (Lipinski definition) is 6. The molecule has 3 atom stereocenters. The molecule has 2 N–H and O–H groups in total. The fourth-order valence-electron chi connectivity index (χ4n) is 4.55. The van der Waals surface area contributed by atoms with Crippen molar-refractivity contribution in [2.45, 2.75) is 58.1 Å². The van der Waals surface area contributed by atoms with Crippen LogP contribution in [0.5, 0.6) is 5.75 Å². The van der Waals surface area contributed by atoms with Crippen LogP contribution in [0.3, 0.4) is 0 Å². The van der Waals surface area contributed by atoms with Gasteiger partial charge in [-0.25, -0.2) is 12.7 Å². The van der Waals surface area contributed by atoms with Crippen LogP contribution in [0, 0.1) is 11.8 Å². The van der Waals surface area contributed by atoms with Crippen molar-refractivity contribution in [1.82, 2.24) is 9.21 Å². The fourth-order valence-corrected chi connectivity index (χ4v) is 4.97. The molecule has 34 heavy (non-hydrogen) atoms. The monoisotopic (exact) mass is 495 g/mol. The molecule has 1 heterocycles. The first-order valence-electron chi connectivity index (χ1n) is 12.0. The minimum absolute atomic E-state index is 0.0779. The van der Waals surface area contributed by atoms with Crippen molar-refractivity contribution in [3.63, 3.8) is 0 Å². The maximum absolute atomic E-state index is 13.5. The van der Waals surface area contributed by atoms with Crippen molar-refractivity contribution in [3.8, 4) is 5.75 Å². The summed E-state index contributed by atoms with van der Waals surface area (Å²) in [5.74, 6) is -0.467. The van der Waals surface area contributed by atoms with Crippen molar-refractivity contribution >= 4 is 27.5 Å². The summed E-state index contributed by atoms with van der Waals surface area (Å²) in [7, 11) is -1.96. The van der Waals surface area contributed by atoms with Gasteiger partial charge in [0.1, 0.15) is 6.10 Å². The molecule has 0 saturated heterocycles. The molecule has 1 aromatic rings.